The van der Waals surface area contributed by atoms with E-state index in [2.05, 4.69) is 49.3 Å². The standard InChI is InChI=1S/C6H5.C3H5S.Sb/c1-2-4-6-5-3-1;1-2-3-4;/h1-5H;1-2,4H,3H2;/q;;+1/p-1. The Morgan fingerprint density at radius 2 is 2.00 bits per heavy atom. The summed E-state index contributed by atoms with van der Waals surface area (Å²) in [6.45, 7) is 0. The van der Waals surface area contributed by atoms with Crippen LogP contribution in [0.2, 0.25) is 0 Å². The Labute approximate surface area is 77.1 Å². The van der Waals surface area contributed by atoms with Gasteiger partial charge in [0.25, 0.3) is 0 Å². The molecule has 0 saturated heterocycles. The van der Waals surface area contributed by atoms with Crippen molar-refractivity contribution in [2.24, 2.45) is 0 Å². The van der Waals surface area contributed by atoms with Gasteiger partial charge in [0.05, 0.1) is 0 Å². The molecule has 0 amide bonds. The van der Waals surface area contributed by atoms with E-state index in [1.54, 1.807) is 3.51 Å². The second kappa shape index (κ2) is 3.69. The van der Waals surface area contributed by atoms with Gasteiger partial charge in [-0.2, -0.15) is 0 Å². The summed E-state index contributed by atoms with van der Waals surface area (Å²) in [4.78, 5) is 0. The average molecular weight is 271 g/mol. The molecule has 1 aliphatic heterocycles. The van der Waals surface area contributed by atoms with Gasteiger partial charge in [-0.05, 0) is 0 Å². The molecule has 1 aromatic carbocycles. The molecule has 0 nitrogen and oxygen atoms in total. The third-order valence-corrected chi connectivity index (χ3v) is 11.7. The second-order valence-electron chi connectivity index (χ2n) is 2.34. The van der Waals surface area contributed by atoms with Crippen molar-refractivity contribution < 1.29 is 0 Å². The summed E-state index contributed by atoms with van der Waals surface area (Å²) in [5.74, 6) is 1.25. The van der Waals surface area contributed by atoms with E-state index in [9.17, 15) is 0 Å². The fraction of sp³-hybridized carbons (Fsp3) is 0.111. The van der Waals surface area contributed by atoms with Crippen LogP contribution >= 0.6 is 8.85 Å². The zero-order valence-corrected chi connectivity index (χ0v) is 9.47. The monoisotopic (exact) mass is 270 g/mol. The van der Waals surface area contributed by atoms with E-state index in [0.717, 1.165) is 0 Å². The molecule has 0 spiro atoms. The Kier molecular flexibility index (Phi) is 2.60. The summed E-state index contributed by atoms with van der Waals surface area (Å²) < 4.78 is 4.07. The van der Waals surface area contributed by atoms with Gasteiger partial charge >= 0.3 is 77.4 Å². The molecular weight excluding hydrogens is 262 g/mol. The van der Waals surface area contributed by atoms with Crippen molar-refractivity contribution in [1.82, 2.24) is 0 Å². The summed E-state index contributed by atoms with van der Waals surface area (Å²) >= 11 is -1.12. The summed E-state index contributed by atoms with van der Waals surface area (Å²) in [7, 11) is 2.17. The molecule has 0 bridgehead atoms. The Bertz CT molecular complexity index is 256. The molecule has 0 radical (unpaired) electrons. The molecule has 0 atom stereocenters. The van der Waals surface area contributed by atoms with Crippen molar-refractivity contribution >= 4 is 31.2 Å². The van der Waals surface area contributed by atoms with Gasteiger partial charge in [0.15, 0.2) is 0 Å². The quantitative estimate of drug-likeness (QED) is 0.701. The maximum absolute atomic E-state index is 2.46. The van der Waals surface area contributed by atoms with Crippen molar-refractivity contribution in [1.29, 1.82) is 0 Å². The normalized spacial score (nSPS) is 17.5. The molecule has 2 rings (SSSR count). The number of rotatable bonds is 1. The molecule has 0 saturated carbocycles. The van der Waals surface area contributed by atoms with Crippen molar-refractivity contribution in [3.05, 3.63) is 40.4 Å². The summed E-state index contributed by atoms with van der Waals surface area (Å²) in [5.41, 5.74) is 0. The molecule has 11 heavy (non-hydrogen) atoms. The zero-order valence-electron chi connectivity index (χ0n) is 6.10. The fourth-order valence-electron chi connectivity index (χ4n) is 1.04. The average Bonchev–Trinajstić information content (AvgIpc) is 2.58. The van der Waals surface area contributed by atoms with Gasteiger partial charge in [-0.1, -0.05) is 0 Å². The van der Waals surface area contributed by atoms with Crippen LogP contribution in [0.15, 0.2) is 40.4 Å². The predicted molar refractivity (Wildman–Crippen MR) is 53.4 cm³/mol. The van der Waals surface area contributed by atoms with Crippen LogP contribution in [-0.2, 0) is 0 Å². The van der Waals surface area contributed by atoms with Crippen LogP contribution in [0, 0.1) is 0 Å². The minimum atomic E-state index is -1.12. The van der Waals surface area contributed by atoms with Crippen LogP contribution in [-0.4, -0.2) is 24.6 Å². The molecular formula is C9H9SSb. The molecule has 0 unspecified atom stereocenters. The third kappa shape index (κ3) is 1.83. The first-order valence-electron chi connectivity index (χ1n) is 3.61. The van der Waals surface area contributed by atoms with Gasteiger partial charge in [0.2, 0.25) is 0 Å². The SMILES string of the molecule is C1=[CH][Sb]([c]2ccccc2)[S]C1. The molecule has 0 aliphatic carbocycles. The van der Waals surface area contributed by atoms with Gasteiger partial charge in [-0.15, -0.1) is 0 Å². The summed E-state index contributed by atoms with van der Waals surface area (Å²) in [5, 5.41) is 0. The van der Waals surface area contributed by atoms with Crippen LogP contribution < -0.4 is 3.51 Å². The van der Waals surface area contributed by atoms with Gasteiger partial charge in [0.1, 0.15) is 0 Å². The third-order valence-electron chi connectivity index (χ3n) is 1.56. The summed E-state index contributed by atoms with van der Waals surface area (Å²) in [6, 6.07) is 10.9. The molecule has 1 heterocycles. The van der Waals surface area contributed by atoms with E-state index in [-0.39, 0.29) is 0 Å². The molecule has 2 heteroatoms. The minimum absolute atomic E-state index is 1.12. The van der Waals surface area contributed by atoms with Crippen molar-refractivity contribution in [3.8, 4) is 0 Å². The first-order valence-corrected chi connectivity index (χ1v) is 10.4. The number of hydrogen-bond acceptors (Lipinski definition) is 1. The van der Waals surface area contributed by atoms with Gasteiger partial charge < -0.3 is 0 Å². The van der Waals surface area contributed by atoms with E-state index < -0.39 is 18.8 Å². The van der Waals surface area contributed by atoms with Crippen LogP contribution in [0.3, 0.4) is 0 Å². The van der Waals surface area contributed by atoms with Crippen LogP contribution in [0.4, 0.5) is 0 Å². The van der Waals surface area contributed by atoms with Crippen molar-refractivity contribution in [2.75, 3.05) is 5.75 Å². The Balaban J connectivity index is 2.23. The van der Waals surface area contributed by atoms with Gasteiger partial charge in [-0.3, -0.25) is 0 Å². The molecule has 0 aromatic heterocycles. The molecule has 1 aromatic rings. The van der Waals surface area contributed by atoms with Crippen LogP contribution in [0.5, 0.6) is 0 Å². The molecule has 0 N–H and O–H groups in total. The predicted octanol–water partition coefficient (Wildman–Crippen LogP) is 1.73. The molecule has 1 aliphatic rings. The number of hydrogen-bond donors (Lipinski definition) is 0. The Hall–Kier alpha value is 0.128. The number of benzene rings is 1. The van der Waals surface area contributed by atoms with E-state index >= 15 is 0 Å². The fourth-order valence-corrected chi connectivity index (χ4v) is 10.2. The second-order valence-corrected chi connectivity index (χ2v) is 12.0. The van der Waals surface area contributed by atoms with E-state index in [1.165, 1.54) is 5.75 Å². The zero-order chi connectivity index (χ0) is 7.52. The van der Waals surface area contributed by atoms with E-state index in [4.69, 9.17) is 0 Å². The topological polar surface area (TPSA) is 0 Å². The van der Waals surface area contributed by atoms with Gasteiger partial charge in [-0.25, -0.2) is 0 Å². The van der Waals surface area contributed by atoms with Crippen LogP contribution in [0.25, 0.3) is 0 Å². The van der Waals surface area contributed by atoms with Crippen molar-refractivity contribution in [2.45, 2.75) is 0 Å². The Morgan fingerprint density at radius 1 is 1.18 bits per heavy atom. The van der Waals surface area contributed by atoms with Gasteiger partial charge in [0, 0.05) is 0 Å². The van der Waals surface area contributed by atoms with E-state index in [0.29, 0.717) is 0 Å². The van der Waals surface area contributed by atoms with Crippen molar-refractivity contribution in [3.63, 3.8) is 0 Å². The first-order chi connectivity index (χ1) is 5.47. The first kappa shape index (κ1) is 7.76. The summed E-state index contributed by atoms with van der Waals surface area (Å²) in [6.07, 6.45) is 2.32. The maximum atomic E-state index is 2.46. The molecule has 0 fully saturated rings. The van der Waals surface area contributed by atoms with Crippen LogP contribution in [0.1, 0.15) is 0 Å². The Morgan fingerprint density at radius 3 is 2.64 bits per heavy atom. The van der Waals surface area contributed by atoms with E-state index in [1.807, 2.05) is 0 Å². The molecule has 56 valence electrons.